The van der Waals surface area contributed by atoms with Crippen LogP contribution >= 0.6 is 0 Å². The van der Waals surface area contributed by atoms with Crippen LogP contribution in [0.15, 0.2) is 0 Å². The van der Waals surface area contributed by atoms with Crippen LogP contribution in [0.2, 0.25) is 0 Å². The summed E-state index contributed by atoms with van der Waals surface area (Å²) >= 11 is 0. The molecule has 1 rings (SSSR count). The van der Waals surface area contributed by atoms with Crippen molar-refractivity contribution in [1.29, 1.82) is 0 Å². The lowest BCUT2D eigenvalue weighted by Crippen LogP contribution is -2.26. The smallest absolute Gasteiger partial charge is 0.338 e. The average molecular weight is 144 g/mol. The predicted octanol–water partition coefficient (Wildman–Crippen LogP) is 0.727. The average Bonchev–Trinajstić information content (AvgIpc) is 2.35. The Morgan fingerprint density at radius 2 is 2.10 bits per heavy atom. The summed E-state index contributed by atoms with van der Waals surface area (Å²) in [4.78, 5) is 10.9. The molecule has 0 aromatic heterocycles. The highest BCUT2D eigenvalue weighted by Gasteiger charge is 2.35. The van der Waals surface area contributed by atoms with E-state index in [1.54, 1.807) is 0 Å². The van der Waals surface area contributed by atoms with Crippen molar-refractivity contribution in [2.45, 2.75) is 32.5 Å². The number of rotatable bonds is 1. The molecular weight excluding hydrogens is 132 g/mol. The molecule has 1 atom stereocenters. The van der Waals surface area contributed by atoms with Crippen LogP contribution in [0.4, 0.5) is 0 Å². The van der Waals surface area contributed by atoms with Gasteiger partial charge in [-0.2, -0.15) is 0 Å². The number of carbonyl (C=O) groups excluding carboxylic acids is 1. The number of hydrogen-bond donors (Lipinski definition) is 0. The molecule has 1 aliphatic rings. The minimum absolute atomic E-state index is 0.243. The minimum atomic E-state index is -0.386. The summed E-state index contributed by atoms with van der Waals surface area (Å²) in [5.74, 6) is -0.243. The molecule has 0 bridgehead atoms. The molecule has 3 nitrogen and oxygen atoms in total. The lowest BCUT2D eigenvalue weighted by atomic mass is 10.2. The molecule has 10 heavy (non-hydrogen) atoms. The topological polar surface area (TPSA) is 38.8 Å². The molecule has 0 aromatic carbocycles. The standard InChI is InChI=1S/C7H12O3/c1-7(2,3)10-6(8)5-4-9-5/h5H,4H2,1-3H3/t5-/m1/s1. The van der Waals surface area contributed by atoms with Gasteiger partial charge in [0.1, 0.15) is 5.60 Å². The molecule has 0 saturated carbocycles. The zero-order chi connectivity index (χ0) is 7.78. The van der Waals surface area contributed by atoms with Crippen LogP contribution in [-0.2, 0) is 14.3 Å². The second-order valence-electron chi connectivity index (χ2n) is 3.36. The van der Waals surface area contributed by atoms with Crippen molar-refractivity contribution in [3.63, 3.8) is 0 Å². The molecule has 0 N–H and O–H groups in total. The number of carbonyl (C=O) groups is 1. The molecule has 0 aliphatic carbocycles. The van der Waals surface area contributed by atoms with Crippen molar-refractivity contribution in [3.05, 3.63) is 0 Å². The van der Waals surface area contributed by atoms with Gasteiger partial charge >= 0.3 is 5.97 Å². The van der Waals surface area contributed by atoms with Crippen molar-refractivity contribution < 1.29 is 14.3 Å². The van der Waals surface area contributed by atoms with Crippen LogP contribution in [0, 0.1) is 0 Å². The molecule has 0 amide bonds. The molecule has 0 spiro atoms. The molecule has 0 unspecified atom stereocenters. The molecule has 3 heteroatoms. The maximum atomic E-state index is 10.9. The van der Waals surface area contributed by atoms with E-state index >= 15 is 0 Å². The van der Waals surface area contributed by atoms with Crippen LogP contribution in [0.1, 0.15) is 20.8 Å². The van der Waals surface area contributed by atoms with Gasteiger partial charge in [0, 0.05) is 0 Å². The fourth-order valence-electron chi connectivity index (χ4n) is 0.552. The molecular formula is C7H12O3. The van der Waals surface area contributed by atoms with Gasteiger partial charge in [-0.15, -0.1) is 0 Å². The van der Waals surface area contributed by atoms with Crippen LogP contribution in [0.5, 0.6) is 0 Å². The van der Waals surface area contributed by atoms with E-state index in [0.29, 0.717) is 6.61 Å². The third-order valence-corrected chi connectivity index (χ3v) is 1.00. The van der Waals surface area contributed by atoms with Gasteiger partial charge in [0.2, 0.25) is 0 Å². The lowest BCUT2D eigenvalue weighted by molar-refractivity contribution is -0.156. The first-order valence-corrected chi connectivity index (χ1v) is 3.33. The summed E-state index contributed by atoms with van der Waals surface area (Å²) in [6, 6.07) is 0. The number of ether oxygens (including phenoxy) is 2. The molecule has 1 fully saturated rings. The first-order valence-electron chi connectivity index (χ1n) is 3.33. The second-order valence-corrected chi connectivity index (χ2v) is 3.36. The van der Waals surface area contributed by atoms with Gasteiger partial charge in [-0.3, -0.25) is 0 Å². The van der Waals surface area contributed by atoms with E-state index in [9.17, 15) is 4.79 Å². The highest BCUT2D eigenvalue weighted by molar-refractivity contribution is 5.77. The van der Waals surface area contributed by atoms with Gasteiger partial charge in [-0.25, -0.2) is 4.79 Å². The Morgan fingerprint density at radius 1 is 1.60 bits per heavy atom. The van der Waals surface area contributed by atoms with E-state index < -0.39 is 0 Å². The van der Waals surface area contributed by atoms with E-state index in [1.165, 1.54) is 0 Å². The summed E-state index contributed by atoms with van der Waals surface area (Å²) in [6.07, 6.45) is -0.278. The molecule has 58 valence electrons. The van der Waals surface area contributed by atoms with Crippen LogP contribution in [-0.4, -0.2) is 24.3 Å². The quantitative estimate of drug-likeness (QED) is 0.402. The fourth-order valence-corrected chi connectivity index (χ4v) is 0.552. The molecule has 0 radical (unpaired) electrons. The Bertz CT molecular complexity index is 141. The van der Waals surface area contributed by atoms with E-state index in [2.05, 4.69) is 0 Å². The van der Waals surface area contributed by atoms with E-state index in [4.69, 9.17) is 9.47 Å². The summed E-state index contributed by atoms with van der Waals surface area (Å²) in [5.41, 5.74) is -0.386. The van der Waals surface area contributed by atoms with Gasteiger partial charge in [-0.05, 0) is 20.8 Å². The molecule has 1 saturated heterocycles. The highest BCUT2D eigenvalue weighted by Crippen LogP contribution is 2.15. The van der Waals surface area contributed by atoms with E-state index in [0.717, 1.165) is 0 Å². The van der Waals surface area contributed by atoms with Gasteiger partial charge in [0.25, 0.3) is 0 Å². The highest BCUT2D eigenvalue weighted by atomic mass is 16.6. The number of hydrogen-bond acceptors (Lipinski definition) is 3. The third kappa shape index (κ3) is 2.35. The molecule has 1 aliphatic heterocycles. The van der Waals surface area contributed by atoms with E-state index in [-0.39, 0.29) is 17.7 Å². The Kier molecular flexibility index (Phi) is 1.68. The van der Waals surface area contributed by atoms with Gasteiger partial charge in [0.15, 0.2) is 6.10 Å². The maximum absolute atomic E-state index is 10.9. The fraction of sp³-hybridized carbons (Fsp3) is 0.857. The SMILES string of the molecule is CC(C)(C)OC(=O)[C@H]1CO1. The van der Waals surface area contributed by atoms with Gasteiger partial charge < -0.3 is 9.47 Å². The van der Waals surface area contributed by atoms with Crippen LogP contribution in [0.25, 0.3) is 0 Å². The van der Waals surface area contributed by atoms with Crippen LogP contribution in [0.3, 0.4) is 0 Å². The summed E-state index contributed by atoms with van der Waals surface area (Å²) in [6.45, 7) is 6.04. The largest absolute Gasteiger partial charge is 0.458 e. The Hall–Kier alpha value is -0.570. The Morgan fingerprint density at radius 3 is 2.40 bits per heavy atom. The zero-order valence-corrected chi connectivity index (χ0v) is 6.51. The Labute approximate surface area is 60.3 Å². The summed E-state index contributed by atoms with van der Waals surface area (Å²) < 4.78 is 9.74. The monoisotopic (exact) mass is 144 g/mol. The number of esters is 1. The van der Waals surface area contributed by atoms with Gasteiger partial charge in [-0.1, -0.05) is 0 Å². The molecule has 1 heterocycles. The first-order chi connectivity index (χ1) is 4.49. The van der Waals surface area contributed by atoms with Crippen molar-refractivity contribution in [2.75, 3.05) is 6.61 Å². The zero-order valence-electron chi connectivity index (χ0n) is 6.51. The summed E-state index contributed by atoms with van der Waals surface area (Å²) in [7, 11) is 0. The normalized spacial score (nSPS) is 24.1. The predicted molar refractivity (Wildman–Crippen MR) is 35.6 cm³/mol. The van der Waals surface area contributed by atoms with Crippen molar-refractivity contribution >= 4 is 5.97 Å². The van der Waals surface area contributed by atoms with E-state index in [1.807, 2.05) is 20.8 Å². The van der Waals surface area contributed by atoms with Crippen molar-refractivity contribution in [2.24, 2.45) is 0 Å². The number of epoxide rings is 1. The van der Waals surface area contributed by atoms with Crippen molar-refractivity contribution in [1.82, 2.24) is 0 Å². The summed E-state index contributed by atoms with van der Waals surface area (Å²) in [5, 5.41) is 0. The lowest BCUT2D eigenvalue weighted by Gasteiger charge is -2.18. The Balaban J connectivity index is 2.30. The first kappa shape index (κ1) is 7.54. The maximum Gasteiger partial charge on any atom is 0.338 e. The van der Waals surface area contributed by atoms with Crippen molar-refractivity contribution in [3.8, 4) is 0 Å². The van der Waals surface area contributed by atoms with Gasteiger partial charge in [0.05, 0.1) is 6.61 Å². The minimum Gasteiger partial charge on any atom is -0.458 e. The van der Waals surface area contributed by atoms with Crippen LogP contribution < -0.4 is 0 Å². The third-order valence-electron chi connectivity index (χ3n) is 1.00. The second kappa shape index (κ2) is 2.23. The molecule has 0 aromatic rings.